The van der Waals surface area contributed by atoms with Crippen molar-refractivity contribution in [3.8, 4) is 11.5 Å². The molecule has 0 fully saturated rings. The standard InChI is InChI=1S/C23H22FN3O6S/c1-3-33-20-13-6-16(14-21(20)32-2)23(29)26-25-22(28)15-4-9-18(10-5-15)27-34(30,31)19-11-7-17(24)8-12-19/h4-14,27H,3H2,1-2H3,(H,25,28)(H,26,29). The third kappa shape index (κ3) is 6.01. The van der Waals surface area contributed by atoms with Crippen molar-refractivity contribution in [3.63, 3.8) is 0 Å². The Morgan fingerprint density at radius 2 is 1.44 bits per heavy atom. The number of amides is 2. The monoisotopic (exact) mass is 487 g/mol. The molecule has 2 amide bonds. The molecular weight excluding hydrogens is 465 g/mol. The molecule has 0 unspecified atom stereocenters. The summed E-state index contributed by atoms with van der Waals surface area (Å²) in [6.07, 6.45) is 0. The Balaban J connectivity index is 1.60. The minimum atomic E-state index is -3.92. The highest BCUT2D eigenvalue weighted by atomic mass is 32.2. The number of hydrogen-bond donors (Lipinski definition) is 3. The number of halogens is 1. The van der Waals surface area contributed by atoms with Crippen LogP contribution in [0, 0.1) is 5.82 Å². The van der Waals surface area contributed by atoms with Gasteiger partial charge in [0, 0.05) is 16.8 Å². The predicted octanol–water partition coefficient (Wildman–Crippen LogP) is 3.11. The number of hydrazine groups is 1. The van der Waals surface area contributed by atoms with Crippen LogP contribution < -0.4 is 25.0 Å². The van der Waals surface area contributed by atoms with Gasteiger partial charge in [0.1, 0.15) is 5.82 Å². The molecule has 3 aromatic carbocycles. The first-order chi connectivity index (χ1) is 16.2. The second-order valence-electron chi connectivity index (χ2n) is 6.84. The van der Waals surface area contributed by atoms with E-state index in [-0.39, 0.29) is 21.7 Å². The fourth-order valence-electron chi connectivity index (χ4n) is 2.86. The number of methoxy groups -OCH3 is 1. The number of benzene rings is 3. The number of sulfonamides is 1. The van der Waals surface area contributed by atoms with Crippen molar-refractivity contribution in [2.75, 3.05) is 18.4 Å². The normalized spacial score (nSPS) is 10.8. The Kier molecular flexibility index (Phi) is 7.69. The van der Waals surface area contributed by atoms with Gasteiger partial charge < -0.3 is 9.47 Å². The lowest BCUT2D eigenvalue weighted by Crippen LogP contribution is -2.41. The van der Waals surface area contributed by atoms with Crippen molar-refractivity contribution < 1.29 is 31.9 Å². The first-order valence-electron chi connectivity index (χ1n) is 10.0. The molecule has 178 valence electrons. The van der Waals surface area contributed by atoms with Crippen LogP contribution in [0.3, 0.4) is 0 Å². The summed E-state index contributed by atoms with van der Waals surface area (Å²) in [5.74, 6) is -0.874. The zero-order chi connectivity index (χ0) is 24.7. The van der Waals surface area contributed by atoms with Gasteiger partial charge in [-0.15, -0.1) is 0 Å². The molecule has 0 heterocycles. The topological polar surface area (TPSA) is 123 Å². The molecule has 0 radical (unpaired) electrons. The van der Waals surface area contributed by atoms with E-state index in [1.54, 1.807) is 6.07 Å². The molecule has 0 saturated heterocycles. The highest BCUT2D eigenvalue weighted by molar-refractivity contribution is 7.92. The molecule has 0 aliphatic carbocycles. The lowest BCUT2D eigenvalue weighted by Gasteiger charge is -2.12. The van der Waals surface area contributed by atoms with E-state index in [9.17, 15) is 22.4 Å². The number of ether oxygens (including phenoxy) is 2. The fraction of sp³-hybridized carbons (Fsp3) is 0.130. The third-order valence-corrected chi connectivity index (χ3v) is 5.94. The van der Waals surface area contributed by atoms with Crippen LogP contribution in [0.1, 0.15) is 27.6 Å². The van der Waals surface area contributed by atoms with Gasteiger partial charge in [-0.3, -0.25) is 25.2 Å². The molecule has 0 saturated carbocycles. The molecule has 3 aromatic rings. The average Bonchev–Trinajstić information content (AvgIpc) is 2.83. The second-order valence-corrected chi connectivity index (χ2v) is 8.53. The van der Waals surface area contributed by atoms with Crippen molar-refractivity contribution in [1.29, 1.82) is 0 Å². The highest BCUT2D eigenvalue weighted by Crippen LogP contribution is 2.28. The maximum absolute atomic E-state index is 13.0. The van der Waals surface area contributed by atoms with E-state index in [1.807, 2.05) is 6.92 Å². The number of nitrogens with one attached hydrogen (secondary N) is 3. The molecule has 0 bridgehead atoms. The van der Waals surface area contributed by atoms with Crippen LogP contribution in [0.2, 0.25) is 0 Å². The lowest BCUT2D eigenvalue weighted by molar-refractivity contribution is 0.0846. The van der Waals surface area contributed by atoms with Gasteiger partial charge >= 0.3 is 0 Å². The molecule has 0 aromatic heterocycles. The lowest BCUT2D eigenvalue weighted by atomic mass is 10.2. The molecule has 3 rings (SSSR count). The van der Waals surface area contributed by atoms with Gasteiger partial charge in [-0.25, -0.2) is 12.8 Å². The Morgan fingerprint density at radius 3 is 2.03 bits per heavy atom. The Morgan fingerprint density at radius 1 is 0.853 bits per heavy atom. The fourth-order valence-corrected chi connectivity index (χ4v) is 3.92. The first-order valence-corrected chi connectivity index (χ1v) is 11.5. The number of carbonyl (C=O) groups is 2. The molecule has 3 N–H and O–H groups in total. The summed E-state index contributed by atoms with van der Waals surface area (Å²) in [7, 11) is -2.47. The van der Waals surface area contributed by atoms with Gasteiger partial charge in [0.05, 0.1) is 18.6 Å². The van der Waals surface area contributed by atoms with Crippen LogP contribution in [0.25, 0.3) is 0 Å². The van der Waals surface area contributed by atoms with Crippen molar-refractivity contribution >= 4 is 27.5 Å². The molecule has 9 nitrogen and oxygen atoms in total. The van der Waals surface area contributed by atoms with E-state index < -0.39 is 27.7 Å². The zero-order valence-corrected chi connectivity index (χ0v) is 19.1. The summed E-state index contributed by atoms with van der Waals surface area (Å²) in [6, 6.07) is 14.5. The molecule has 0 spiro atoms. The summed E-state index contributed by atoms with van der Waals surface area (Å²) in [6.45, 7) is 2.26. The van der Waals surface area contributed by atoms with Gasteiger partial charge in [0.25, 0.3) is 21.8 Å². The first kappa shape index (κ1) is 24.5. The smallest absolute Gasteiger partial charge is 0.269 e. The highest BCUT2D eigenvalue weighted by Gasteiger charge is 2.16. The summed E-state index contributed by atoms with van der Waals surface area (Å²) in [5.41, 5.74) is 5.21. The minimum absolute atomic E-state index is 0.107. The van der Waals surface area contributed by atoms with Crippen LogP contribution >= 0.6 is 0 Å². The Bertz CT molecular complexity index is 1280. The minimum Gasteiger partial charge on any atom is -0.493 e. The largest absolute Gasteiger partial charge is 0.493 e. The van der Waals surface area contributed by atoms with E-state index in [2.05, 4.69) is 15.6 Å². The third-order valence-electron chi connectivity index (χ3n) is 4.54. The number of anilines is 1. The van der Waals surface area contributed by atoms with Gasteiger partial charge in [-0.1, -0.05) is 0 Å². The van der Waals surface area contributed by atoms with Crippen molar-refractivity contribution in [3.05, 3.63) is 83.7 Å². The van der Waals surface area contributed by atoms with Crippen LogP contribution in [0.15, 0.2) is 71.6 Å². The molecule has 0 aliphatic heterocycles. The second kappa shape index (κ2) is 10.7. The molecule has 0 aliphatic rings. The van der Waals surface area contributed by atoms with Crippen LogP contribution in [-0.4, -0.2) is 33.9 Å². The van der Waals surface area contributed by atoms with Crippen molar-refractivity contribution in [1.82, 2.24) is 10.9 Å². The summed E-state index contributed by atoms with van der Waals surface area (Å²) in [5, 5.41) is 0. The van der Waals surface area contributed by atoms with E-state index in [1.165, 1.54) is 43.5 Å². The van der Waals surface area contributed by atoms with Gasteiger partial charge in [-0.2, -0.15) is 0 Å². The zero-order valence-electron chi connectivity index (χ0n) is 18.3. The maximum atomic E-state index is 13.0. The van der Waals surface area contributed by atoms with E-state index in [0.29, 0.717) is 18.1 Å². The Labute approximate surface area is 195 Å². The number of carbonyl (C=O) groups excluding carboxylic acids is 2. The van der Waals surface area contributed by atoms with E-state index >= 15 is 0 Å². The van der Waals surface area contributed by atoms with Crippen LogP contribution in [0.5, 0.6) is 11.5 Å². The summed E-state index contributed by atoms with van der Waals surface area (Å²) in [4.78, 5) is 24.6. The van der Waals surface area contributed by atoms with E-state index in [0.717, 1.165) is 24.3 Å². The van der Waals surface area contributed by atoms with Crippen LogP contribution in [-0.2, 0) is 10.0 Å². The predicted molar refractivity (Wildman–Crippen MR) is 123 cm³/mol. The molecule has 34 heavy (non-hydrogen) atoms. The molecule has 11 heteroatoms. The summed E-state index contributed by atoms with van der Waals surface area (Å²) >= 11 is 0. The maximum Gasteiger partial charge on any atom is 0.269 e. The number of hydrogen-bond acceptors (Lipinski definition) is 6. The quantitative estimate of drug-likeness (QED) is 0.420. The summed E-state index contributed by atoms with van der Waals surface area (Å²) < 4.78 is 50.7. The van der Waals surface area contributed by atoms with Gasteiger partial charge in [-0.05, 0) is 73.7 Å². The van der Waals surface area contributed by atoms with E-state index in [4.69, 9.17) is 9.47 Å². The average molecular weight is 488 g/mol. The van der Waals surface area contributed by atoms with Gasteiger partial charge in [0.15, 0.2) is 11.5 Å². The SMILES string of the molecule is CCOc1ccc(C(=O)NNC(=O)c2ccc(NS(=O)(=O)c3ccc(F)cc3)cc2)cc1OC. The van der Waals surface area contributed by atoms with Crippen LogP contribution in [0.4, 0.5) is 10.1 Å². The molecule has 0 atom stereocenters. The number of rotatable bonds is 8. The van der Waals surface area contributed by atoms with Gasteiger partial charge in [0.2, 0.25) is 0 Å². The van der Waals surface area contributed by atoms with Crippen molar-refractivity contribution in [2.45, 2.75) is 11.8 Å². The Hall–Kier alpha value is -4.12. The molecular formula is C23H22FN3O6S. The van der Waals surface area contributed by atoms with Crippen molar-refractivity contribution in [2.24, 2.45) is 0 Å².